The van der Waals surface area contributed by atoms with Crippen molar-refractivity contribution in [3.8, 4) is 0 Å². The maximum atomic E-state index is 9.14. The maximum absolute atomic E-state index is 9.14. The van der Waals surface area contributed by atoms with Gasteiger partial charge in [-0.2, -0.15) is 0 Å². The molecule has 0 saturated carbocycles. The van der Waals surface area contributed by atoms with Gasteiger partial charge in [-0.25, -0.2) is 0 Å². The van der Waals surface area contributed by atoms with E-state index in [9.17, 15) is 0 Å². The summed E-state index contributed by atoms with van der Waals surface area (Å²) in [5, 5.41) is 20.6. The molecular formula is C8H19N3O2. The molecule has 0 aliphatic carbocycles. The van der Waals surface area contributed by atoms with Gasteiger partial charge in [0.15, 0.2) is 5.84 Å². The van der Waals surface area contributed by atoms with Gasteiger partial charge in [0.2, 0.25) is 0 Å². The summed E-state index contributed by atoms with van der Waals surface area (Å²) < 4.78 is 0. The summed E-state index contributed by atoms with van der Waals surface area (Å²) in [5.74, 6) is 0.186. The fourth-order valence-corrected chi connectivity index (χ4v) is 1.36. The van der Waals surface area contributed by atoms with Gasteiger partial charge >= 0.3 is 0 Å². The minimum atomic E-state index is -0.412. The van der Waals surface area contributed by atoms with Gasteiger partial charge in [0.25, 0.3) is 0 Å². The molecule has 0 spiro atoms. The fraction of sp³-hybridized carbons (Fsp3) is 0.875. The number of rotatable bonds is 5. The summed E-state index contributed by atoms with van der Waals surface area (Å²) in [6.07, 6.45) is 0.338. The summed E-state index contributed by atoms with van der Waals surface area (Å²) in [7, 11) is 1.83. The molecule has 0 aromatic carbocycles. The lowest BCUT2D eigenvalue weighted by molar-refractivity contribution is 0.130. The topological polar surface area (TPSA) is 82.1 Å². The zero-order valence-corrected chi connectivity index (χ0v) is 8.44. The highest BCUT2D eigenvalue weighted by atomic mass is 16.4. The first-order chi connectivity index (χ1) is 6.02. The second-order valence-electron chi connectivity index (χ2n) is 3.24. The number of hydrogen-bond acceptors (Lipinski definition) is 4. The molecule has 0 fully saturated rings. The second kappa shape index (κ2) is 5.77. The number of nitrogens with zero attached hydrogens (tertiary/aromatic N) is 2. The van der Waals surface area contributed by atoms with Gasteiger partial charge in [-0.05, 0) is 20.4 Å². The Morgan fingerprint density at radius 1 is 1.62 bits per heavy atom. The van der Waals surface area contributed by atoms with Crippen LogP contribution in [0.1, 0.15) is 20.3 Å². The molecule has 0 aliphatic heterocycles. The Bertz CT molecular complexity index is 171. The predicted octanol–water partition coefficient (Wildman–Crippen LogP) is -0.176. The van der Waals surface area contributed by atoms with Gasteiger partial charge < -0.3 is 16.0 Å². The van der Waals surface area contributed by atoms with E-state index >= 15 is 0 Å². The molecule has 78 valence electrons. The molecule has 0 radical (unpaired) electrons. The minimum absolute atomic E-state index is 0.111. The van der Waals surface area contributed by atoms with Crippen LogP contribution in [0.25, 0.3) is 0 Å². The van der Waals surface area contributed by atoms with Crippen LogP contribution in [0.3, 0.4) is 0 Å². The molecule has 0 aromatic heterocycles. The van der Waals surface area contributed by atoms with E-state index in [0.29, 0.717) is 6.54 Å². The molecule has 4 N–H and O–H groups in total. The van der Waals surface area contributed by atoms with Crippen LogP contribution < -0.4 is 5.73 Å². The Labute approximate surface area is 78.8 Å². The molecule has 0 bridgehead atoms. The first-order valence-electron chi connectivity index (χ1n) is 4.38. The summed E-state index contributed by atoms with van der Waals surface area (Å²) in [6.45, 7) is 4.16. The van der Waals surface area contributed by atoms with Crippen molar-refractivity contribution in [2.75, 3.05) is 13.6 Å². The Morgan fingerprint density at radius 3 is 2.46 bits per heavy atom. The number of aliphatic hydroxyl groups excluding tert-OH is 1. The molecule has 0 aromatic rings. The summed E-state index contributed by atoms with van der Waals surface area (Å²) in [5.41, 5.74) is 5.48. The number of oxime groups is 1. The largest absolute Gasteiger partial charge is 0.409 e. The van der Waals surface area contributed by atoms with E-state index < -0.39 is 6.10 Å². The van der Waals surface area contributed by atoms with Crippen molar-refractivity contribution >= 4 is 5.84 Å². The Kier molecular flexibility index (Phi) is 5.41. The molecule has 0 amide bonds. The van der Waals surface area contributed by atoms with E-state index in [0.717, 1.165) is 6.42 Å². The first-order valence-corrected chi connectivity index (χ1v) is 4.38. The Hall–Kier alpha value is -0.810. The second-order valence-corrected chi connectivity index (χ2v) is 3.24. The van der Waals surface area contributed by atoms with Crippen molar-refractivity contribution < 1.29 is 10.3 Å². The lowest BCUT2D eigenvalue weighted by atomic mass is 10.1. The number of aliphatic hydroxyl groups is 1. The van der Waals surface area contributed by atoms with Crippen molar-refractivity contribution in [3.63, 3.8) is 0 Å². The highest BCUT2D eigenvalue weighted by Gasteiger charge is 2.18. The van der Waals surface area contributed by atoms with Crippen LogP contribution in [0.2, 0.25) is 0 Å². The Morgan fingerprint density at radius 2 is 2.15 bits per heavy atom. The molecule has 0 rings (SSSR count). The van der Waals surface area contributed by atoms with Crippen LogP contribution in [-0.4, -0.2) is 46.8 Å². The van der Waals surface area contributed by atoms with Gasteiger partial charge in [0.1, 0.15) is 0 Å². The van der Waals surface area contributed by atoms with Crippen LogP contribution in [0.4, 0.5) is 0 Å². The van der Waals surface area contributed by atoms with Crippen molar-refractivity contribution in [2.24, 2.45) is 10.9 Å². The number of nitrogens with two attached hydrogens (primary N) is 1. The van der Waals surface area contributed by atoms with Gasteiger partial charge in [-0.1, -0.05) is 12.1 Å². The van der Waals surface area contributed by atoms with Crippen LogP contribution in [0, 0.1) is 0 Å². The predicted molar refractivity (Wildman–Crippen MR) is 51.8 cm³/mol. The van der Waals surface area contributed by atoms with Crippen LogP contribution in [0.5, 0.6) is 0 Å². The SMILES string of the molecule is CCC(C(N)=NO)N(C)CC(C)O. The van der Waals surface area contributed by atoms with E-state index in [2.05, 4.69) is 5.16 Å². The van der Waals surface area contributed by atoms with Crippen LogP contribution in [0.15, 0.2) is 5.16 Å². The highest BCUT2D eigenvalue weighted by molar-refractivity contribution is 5.85. The summed E-state index contributed by atoms with van der Waals surface area (Å²) >= 11 is 0. The lowest BCUT2D eigenvalue weighted by Crippen LogP contribution is -2.44. The highest BCUT2D eigenvalue weighted by Crippen LogP contribution is 2.02. The van der Waals surface area contributed by atoms with Crippen molar-refractivity contribution in [2.45, 2.75) is 32.4 Å². The molecule has 5 heteroatoms. The minimum Gasteiger partial charge on any atom is -0.409 e. The van der Waals surface area contributed by atoms with E-state index in [1.165, 1.54) is 0 Å². The van der Waals surface area contributed by atoms with Gasteiger partial charge in [-0.15, -0.1) is 0 Å². The fourth-order valence-electron chi connectivity index (χ4n) is 1.36. The molecule has 0 aliphatic rings. The van der Waals surface area contributed by atoms with Crippen LogP contribution in [-0.2, 0) is 0 Å². The quantitative estimate of drug-likeness (QED) is 0.242. The lowest BCUT2D eigenvalue weighted by Gasteiger charge is -2.26. The zero-order valence-electron chi connectivity index (χ0n) is 8.44. The monoisotopic (exact) mass is 189 g/mol. The molecule has 13 heavy (non-hydrogen) atoms. The van der Waals surface area contributed by atoms with E-state index in [-0.39, 0.29) is 11.9 Å². The van der Waals surface area contributed by atoms with Gasteiger partial charge in [0, 0.05) is 6.54 Å². The van der Waals surface area contributed by atoms with Crippen LogP contribution >= 0.6 is 0 Å². The number of likely N-dealkylation sites (N-methyl/N-ethyl adjacent to an activating group) is 1. The summed E-state index contributed by atoms with van der Waals surface area (Å²) in [6, 6.07) is -0.111. The standard InChI is InChI=1S/C8H19N3O2/c1-4-7(8(9)10-13)11(3)5-6(2)12/h6-7,12-13H,4-5H2,1-3H3,(H2,9,10). The smallest absolute Gasteiger partial charge is 0.156 e. The van der Waals surface area contributed by atoms with Crippen molar-refractivity contribution in [1.82, 2.24) is 4.90 Å². The zero-order chi connectivity index (χ0) is 10.4. The normalized spacial score (nSPS) is 17.5. The average molecular weight is 189 g/mol. The van der Waals surface area contributed by atoms with E-state index in [1.807, 2.05) is 18.9 Å². The number of amidine groups is 1. The molecular weight excluding hydrogens is 170 g/mol. The number of hydrogen-bond donors (Lipinski definition) is 3. The molecule has 5 nitrogen and oxygen atoms in total. The third kappa shape index (κ3) is 4.10. The average Bonchev–Trinajstić information content (AvgIpc) is 2.03. The Balaban J connectivity index is 4.23. The molecule has 2 atom stereocenters. The van der Waals surface area contributed by atoms with E-state index in [1.54, 1.807) is 6.92 Å². The van der Waals surface area contributed by atoms with Gasteiger partial charge in [-0.3, -0.25) is 4.90 Å². The third-order valence-corrected chi connectivity index (χ3v) is 1.93. The van der Waals surface area contributed by atoms with Gasteiger partial charge in [0.05, 0.1) is 12.1 Å². The third-order valence-electron chi connectivity index (χ3n) is 1.93. The van der Waals surface area contributed by atoms with Crippen molar-refractivity contribution in [1.29, 1.82) is 0 Å². The maximum Gasteiger partial charge on any atom is 0.156 e. The summed E-state index contributed by atoms with van der Waals surface area (Å²) in [4.78, 5) is 1.86. The van der Waals surface area contributed by atoms with Crippen molar-refractivity contribution in [3.05, 3.63) is 0 Å². The molecule has 0 saturated heterocycles. The van der Waals surface area contributed by atoms with E-state index in [4.69, 9.17) is 16.0 Å². The molecule has 2 unspecified atom stereocenters. The molecule has 0 heterocycles. The first kappa shape index (κ1) is 12.2.